The number of phenols is 1. The number of amides is 2. The topological polar surface area (TPSA) is 100 Å². The molecule has 0 radical (unpaired) electrons. The fourth-order valence-electron chi connectivity index (χ4n) is 2.64. The van der Waals surface area contributed by atoms with Gasteiger partial charge in [0.15, 0.2) is 18.1 Å². The molecule has 0 unspecified atom stereocenters. The van der Waals surface area contributed by atoms with Gasteiger partial charge in [0.05, 0.1) is 12.8 Å². The third-order valence-corrected chi connectivity index (χ3v) is 4.24. The third-order valence-electron chi connectivity index (χ3n) is 4.24. The Balaban J connectivity index is 2.02. The first-order chi connectivity index (χ1) is 14.5. The monoisotopic (exact) mass is 413 g/mol. The predicted octanol–water partition coefficient (Wildman–Crippen LogP) is 2.80. The van der Waals surface area contributed by atoms with Crippen molar-refractivity contribution in [1.82, 2.24) is 10.3 Å². The van der Waals surface area contributed by atoms with Gasteiger partial charge in [-0.05, 0) is 68.8 Å². The van der Waals surface area contributed by atoms with Gasteiger partial charge in [-0.3, -0.25) is 9.59 Å². The second-order valence-electron chi connectivity index (χ2n) is 6.24. The number of nitrogens with zero attached hydrogens (tertiary/aromatic N) is 2. The number of phenolic OH excluding ortho intramolecular Hbond substituents is 1. The summed E-state index contributed by atoms with van der Waals surface area (Å²) in [6, 6.07) is 11.0. The minimum absolute atomic E-state index is 0.0716. The van der Waals surface area contributed by atoms with Crippen LogP contribution in [0.1, 0.15) is 36.7 Å². The number of benzene rings is 2. The molecule has 0 saturated heterocycles. The van der Waals surface area contributed by atoms with Crippen molar-refractivity contribution >= 4 is 18.0 Å². The largest absolute Gasteiger partial charge is 0.508 e. The number of aromatic hydroxyl groups is 1. The number of hydrazone groups is 1. The lowest BCUT2D eigenvalue weighted by atomic mass is 10.2. The number of carbonyl (C=O) groups is 2. The van der Waals surface area contributed by atoms with Gasteiger partial charge in [-0.25, -0.2) is 5.43 Å². The van der Waals surface area contributed by atoms with Crippen LogP contribution in [-0.4, -0.2) is 54.3 Å². The standard InChI is InChI=1S/C22H27N3O5/c1-4-25(5-2)21(27)15-30-19-12-7-16(13-20(19)29-6-3)14-23-24-22(28)17-8-10-18(26)11-9-17/h7-14,26H,4-6,15H2,1-3H3,(H,24,28)/b23-14-. The van der Waals surface area contributed by atoms with Crippen LogP contribution >= 0.6 is 0 Å². The van der Waals surface area contributed by atoms with E-state index in [0.29, 0.717) is 42.3 Å². The van der Waals surface area contributed by atoms with Gasteiger partial charge in [-0.1, -0.05) is 0 Å². The van der Waals surface area contributed by atoms with E-state index in [1.807, 2.05) is 20.8 Å². The molecule has 0 saturated carbocycles. The first-order valence-electron chi connectivity index (χ1n) is 9.78. The lowest BCUT2D eigenvalue weighted by Crippen LogP contribution is -2.34. The normalized spacial score (nSPS) is 10.6. The molecule has 0 atom stereocenters. The minimum atomic E-state index is -0.397. The zero-order valence-electron chi connectivity index (χ0n) is 17.4. The fourth-order valence-corrected chi connectivity index (χ4v) is 2.64. The summed E-state index contributed by atoms with van der Waals surface area (Å²) in [6.07, 6.45) is 1.48. The first-order valence-corrected chi connectivity index (χ1v) is 9.78. The lowest BCUT2D eigenvalue weighted by molar-refractivity contribution is -0.133. The summed E-state index contributed by atoms with van der Waals surface area (Å²) in [7, 11) is 0. The zero-order valence-corrected chi connectivity index (χ0v) is 17.4. The third kappa shape index (κ3) is 6.51. The Kier molecular flexibility index (Phi) is 8.68. The van der Waals surface area contributed by atoms with Crippen LogP contribution in [-0.2, 0) is 4.79 Å². The molecule has 2 rings (SSSR count). The molecule has 0 spiro atoms. The highest BCUT2D eigenvalue weighted by Gasteiger charge is 2.13. The Morgan fingerprint density at radius 2 is 1.73 bits per heavy atom. The van der Waals surface area contributed by atoms with Gasteiger partial charge >= 0.3 is 0 Å². The maximum absolute atomic E-state index is 12.1. The zero-order chi connectivity index (χ0) is 21.9. The average Bonchev–Trinajstić information content (AvgIpc) is 2.74. The Bertz CT molecular complexity index is 877. The molecule has 8 nitrogen and oxygen atoms in total. The van der Waals surface area contributed by atoms with Crippen molar-refractivity contribution in [3.05, 3.63) is 53.6 Å². The smallest absolute Gasteiger partial charge is 0.271 e. The quantitative estimate of drug-likeness (QED) is 0.461. The molecule has 0 bridgehead atoms. The molecule has 0 aliphatic rings. The van der Waals surface area contributed by atoms with Gasteiger partial charge in [0, 0.05) is 18.7 Å². The SMILES string of the molecule is CCOc1cc(/C=N\NC(=O)c2ccc(O)cc2)ccc1OCC(=O)N(CC)CC. The molecular weight excluding hydrogens is 386 g/mol. The molecule has 0 aliphatic carbocycles. The van der Waals surface area contributed by atoms with Crippen molar-refractivity contribution in [2.24, 2.45) is 5.10 Å². The molecule has 8 heteroatoms. The van der Waals surface area contributed by atoms with Crippen molar-refractivity contribution in [2.45, 2.75) is 20.8 Å². The highest BCUT2D eigenvalue weighted by molar-refractivity contribution is 5.95. The minimum Gasteiger partial charge on any atom is -0.508 e. The van der Waals surface area contributed by atoms with E-state index in [1.165, 1.54) is 30.5 Å². The van der Waals surface area contributed by atoms with Crippen molar-refractivity contribution < 1.29 is 24.2 Å². The van der Waals surface area contributed by atoms with E-state index in [-0.39, 0.29) is 18.3 Å². The summed E-state index contributed by atoms with van der Waals surface area (Å²) >= 11 is 0. The summed E-state index contributed by atoms with van der Waals surface area (Å²) in [6.45, 7) is 7.30. The number of carbonyl (C=O) groups excluding carboxylic acids is 2. The van der Waals surface area contributed by atoms with Crippen LogP contribution in [0.15, 0.2) is 47.6 Å². The summed E-state index contributed by atoms with van der Waals surface area (Å²) in [5, 5.41) is 13.2. The Labute approximate surface area is 176 Å². The number of hydrogen-bond acceptors (Lipinski definition) is 6. The maximum atomic E-state index is 12.1. The van der Waals surface area contributed by atoms with Gasteiger partial charge in [-0.2, -0.15) is 5.10 Å². The van der Waals surface area contributed by atoms with Crippen LogP contribution in [0.4, 0.5) is 0 Å². The fraction of sp³-hybridized carbons (Fsp3) is 0.318. The van der Waals surface area contributed by atoms with Crippen LogP contribution < -0.4 is 14.9 Å². The molecule has 2 aromatic rings. The lowest BCUT2D eigenvalue weighted by Gasteiger charge is -2.19. The van der Waals surface area contributed by atoms with Gasteiger partial charge in [0.1, 0.15) is 5.75 Å². The molecule has 0 heterocycles. The number of hydrogen-bond donors (Lipinski definition) is 2. The molecular formula is C22H27N3O5. The van der Waals surface area contributed by atoms with Crippen molar-refractivity contribution in [3.63, 3.8) is 0 Å². The predicted molar refractivity (Wildman–Crippen MR) is 114 cm³/mol. The molecule has 0 aliphatic heterocycles. The van der Waals surface area contributed by atoms with E-state index in [1.54, 1.807) is 23.1 Å². The molecule has 2 aromatic carbocycles. The van der Waals surface area contributed by atoms with Gasteiger partial charge < -0.3 is 19.5 Å². The van der Waals surface area contributed by atoms with E-state index < -0.39 is 5.91 Å². The van der Waals surface area contributed by atoms with Crippen LogP contribution in [0.25, 0.3) is 0 Å². The molecule has 0 aromatic heterocycles. The molecule has 2 amide bonds. The number of likely N-dealkylation sites (N-methyl/N-ethyl adjacent to an activating group) is 1. The molecule has 160 valence electrons. The molecule has 30 heavy (non-hydrogen) atoms. The van der Waals surface area contributed by atoms with E-state index in [4.69, 9.17) is 9.47 Å². The second kappa shape index (κ2) is 11.5. The van der Waals surface area contributed by atoms with E-state index in [0.717, 1.165) is 0 Å². The summed E-state index contributed by atoms with van der Waals surface area (Å²) in [5.41, 5.74) is 3.49. The van der Waals surface area contributed by atoms with Crippen molar-refractivity contribution in [2.75, 3.05) is 26.3 Å². The Hall–Kier alpha value is -3.55. The summed E-state index contributed by atoms with van der Waals surface area (Å²) in [5.74, 6) is 0.539. The maximum Gasteiger partial charge on any atom is 0.271 e. The van der Waals surface area contributed by atoms with E-state index in [2.05, 4.69) is 10.5 Å². The van der Waals surface area contributed by atoms with Crippen molar-refractivity contribution in [1.29, 1.82) is 0 Å². The van der Waals surface area contributed by atoms with Crippen molar-refractivity contribution in [3.8, 4) is 17.2 Å². The summed E-state index contributed by atoms with van der Waals surface area (Å²) < 4.78 is 11.3. The second-order valence-corrected chi connectivity index (χ2v) is 6.24. The average molecular weight is 413 g/mol. The van der Waals surface area contributed by atoms with Crippen LogP contribution in [0, 0.1) is 0 Å². The van der Waals surface area contributed by atoms with Crippen LogP contribution in [0.5, 0.6) is 17.2 Å². The molecule has 2 N–H and O–H groups in total. The Morgan fingerprint density at radius 1 is 1.03 bits per heavy atom. The van der Waals surface area contributed by atoms with Gasteiger partial charge in [0.25, 0.3) is 11.8 Å². The highest BCUT2D eigenvalue weighted by atomic mass is 16.5. The van der Waals surface area contributed by atoms with Crippen LogP contribution in [0.3, 0.4) is 0 Å². The molecule has 0 fully saturated rings. The highest BCUT2D eigenvalue weighted by Crippen LogP contribution is 2.28. The van der Waals surface area contributed by atoms with E-state index in [9.17, 15) is 14.7 Å². The first kappa shape index (κ1) is 22.7. The van der Waals surface area contributed by atoms with Gasteiger partial charge in [-0.15, -0.1) is 0 Å². The number of nitrogens with one attached hydrogen (secondary N) is 1. The van der Waals surface area contributed by atoms with E-state index >= 15 is 0 Å². The van der Waals surface area contributed by atoms with Crippen LogP contribution in [0.2, 0.25) is 0 Å². The summed E-state index contributed by atoms with van der Waals surface area (Å²) in [4.78, 5) is 25.9. The Morgan fingerprint density at radius 3 is 2.37 bits per heavy atom. The number of rotatable bonds is 10. The van der Waals surface area contributed by atoms with Gasteiger partial charge in [0.2, 0.25) is 0 Å². The number of ether oxygens (including phenoxy) is 2.